The van der Waals surface area contributed by atoms with Crippen LogP contribution in [0.25, 0.3) is 0 Å². The van der Waals surface area contributed by atoms with Gasteiger partial charge in [-0.3, -0.25) is 4.98 Å². The van der Waals surface area contributed by atoms with Crippen LogP contribution in [0.3, 0.4) is 0 Å². The minimum absolute atomic E-state index is 0.611. The molecule has 1 heteroatoms. The van der Waals surface area contributed by atoms with Gasteiger partial charge >= 0.3 is 0 Å². The van der Waals surface area contributed by atoms with Crippen molar-refractivity contribution in [1.29, 1.82) is 0 Å². The van der Waals surface area contributed by atoms with E-state index in [2.05, 4.69) is 26.8 Å². The number of fused-ring (bicyclic) bond motifs is 1. The third kappa shape index (κ3) is 2.06. The molecule has 0 aliphatic heterocycles. The minimum atomic E-state index is 0.611. The first-order valence-electron chi connectivity index (χ1n) is 6.24. The Balaban J connectivity index is 2.46. The molecule has 0 bridgehead atoms. The van der Waals surface area contributed by atoms with Crippen LogP contribution in [0.2, 0.25) is 0 Å². The normalized spacial score (nSPS) is 15.5. The zero-order valence-corrected chi connectivity index (χ0v) is 10.1. The number of pyridine rings is 1. The van der Waals surface area contributed by atoms with Gasteiger partial charge in [0.1, 0.15) is 0 Å². The van der Waals surface area contributed by atoms with E-state index in [1.54, 1.807) is 0 Å². The van der Waals surface area contributed by atoms with Crippen LogP contribution in [0.15, 0.2) is 6.07 Å². The van der Waals surface area contributed by atoms with Gasteiger partial charge in [0.2, 0.25) is 0 Å². The highest BCUT2D eigenvalue weighted by molar-refractivity contribution is 5.34. The molecule has 0 radical (unpaired) electrons. The molecule has 1 aliphatic carbocycles. The van der Waals surface area contributed by atoms with Gasteiger partial charge in [0.25, 0.3) is 0 Å². The monoisotopic (exact) mass is 203 g/mol. The molecule has 2 rings (SSSR count). The number of rotatable bonds is 2. The summed E-state index contributed by atoms with van der Waals surface area (Å²) in [6.45, 7) is 6.75. The Morgan fingerprint density at radius 2 is 2.00 bits per heavy atom. The van der Waals surface area contributed by atoms with Gasteiger partial charge in [0, 0.05) is 11.4 Å². The smallest absolute Gasteiger partial charge is 0.0439 e. The molecule has 0 fully saturated rings. The molecule has 0 atom stereocenters. The van der Waals surface area contributed by atoms with Gasteiger partial charge in [0.05, 0.1) is 0 Å². The molecule has 1 aromatic heterocycles. The van der Waals surface area contributed by atoms with E-state index in [0.717, 1.165) is 6.42 Å². The van der Waals surface area contributed by atoms with Crippen molar-refractivity contribution in [3.05, 3.63) is 28.6 Å². The van der Waals surface area contributed by atoms with E-state index in [0.29, 0.717) is 5.92 Å². The summed E-state index contributed by atoms with van der Waals surface area (Å²) in [5, 5.41) is 0. The Kier molecular flexibility index (Phi) is 3.08. The van der Waals surface area contributed by atoms with Crippen molar-refractivity contribution in [3.8, 4) is 0 Å². The highest BCUT2D eigenvalue weighted by atomic mass is 14.7. The molecule has 1 heterocycles. The molecule has 0 amide bonds. The highest BCUT2D eigenvalue weighted by Gasteiger charge is 2.15. The van der Waals surface area contributed by atoms with Crippen LogP contribution in [0, 0.1) is 0 Å². The van der Waals surface area contributed by atoms with Crippen molar-refractivity contribution >= 4 is 0 Å². The van der Waals surface area contributed by atoms with Crippen molar-refractivity contribution in [2.75, 3.05) is 0 Å². The standard InChI is InChI=1S/C14H21N/c1-4-13-12(10(2)3)9-11-7-5-6-8-14(11)15-13/h9-10H,4-8H2,1-3H3. The van der Waals surface area contributed by atoms with Crippen molar-refractivity contribution in [2.24, 2.45) is 0 Å². The maximum absolute atomic E-state index is 4.85. The van der Waals surface area contributed by atoms with E-state index in [1.165, 1.54) is 48.2 Å². The second kappa shape index (κ2) is 4.34. The Morgan fingerprint density at radius 1 is 1.27 bits per heavy atom. The van der Waals surface area contributed by atoms with Gasteiger partial charge in [0.15, 0.2) is 0 Å². The first-order chi connectivity index (χ1) is 7.22. The third-order valence-corrected chi connectivity index (χ3v) is 3.37. The maximum Gasteiger partial charge on any atom is 0.0439 e. The summed E-state index contributed by atoms with van der Waals surface area (Å²) in [7, 11) is 0. The molecule has 1 aromatic rings. The average molecular weight is 203 g/mol. The van der Waals surface area contributed by atoms with E-state index in [9.17, 15) is 0 Å². The first kappa shape index (κ1) is 10.7. The molecule has 0 saturated heterocycles. The predicted molar refractivity (Wildman–Crippen MR) is 64.3 cm³/mol. The molecular weight excluding hydrogens is 182 g/mol. The summed E-state index contributed by atoms with van der Waals surface area (Å²) in [6.07, 6.45) is 6.18. The van der Waals surface area contributed by atoms with E-state index >= 15 is 0 Å². The van der Waals surface area contributed by atoms with Crippen molar-refractivity contribution in [1.82, 2.24) is 4.98 Å². The van der Waals surface area contributed by atoms with Crippen LogP contribution in [0.1, 0.15) is 62.0 Å². The number of aryl methyl sites for hydroxylation is 3. The Hall–Kier alpha value is -0.850. The summed E-state index contributed by atoms with van der Waals surface area (Å²) in [6, 6.07) is 2.42. The summed E-state index contributed by atoms with van der Waals surface area (Å²) in [5.41, 5.74) is 5.69. The SMILES string of the molecule is CCc1nc2c(cc1C(C)C)CCCC2. The van der Waals surface area contributed by atoms with Gasteiger partial charge in [-0.15, -0.1) is 0 Å². The molecule has 0 spiro atoms. The number of hydrogen-bond donors (Lipinski definition) is 0. The number of aromatic nitrogens is 1. The zero-order valence-electron chi connectivity index (χ0n) is 10.1. The minimum Gasteiger partial charge on any atom is -0.257 e. The summed E-state index contributed by atoms with van der Waals surface area (Å²) in [5.74, 6) is 0.611. The largest absolute Gasteiger partial charge is 0.257 e. The molecule has 0 unspecified atom stereocenters. The second-order valence-corrected chi connectivity index (χ2v) is 4.85. The van der Waals surface area contributed by atoms with E-state index in [-0.39, 0.29) is 0 Å². The Bertz CT molecular complexity index is 353. The van der Waals surface area contributed by atoms with Crippen LogP contribution >= 0.6 is 0 Å². The lowest BCUT2D eigenvalue weighted by Crippen LogP contribution is -2.10. The van der Waals surface area contributed by atoms with Crippen molar-refractivity contribution < 1.29 is 0 Å². The lowest BCUT2D eigenvalue weighted by Gasteiger charge is -2.19. The molecule has 0 saturated carbocycles. The lowest BCUT2D eigenvalue weighted by atomic mass is 9.90. The highest BCUT2D eigenvalue weighted by Crippen LogP contribution is 2.26. The Morgan fingerprint density at radius 3 is 2.67 bits per heavy atom. The predicted octanol–water partition coefficient (Wildman–Crippen LogP) is 3.65. The zero-order chi connectivity index (χ0) is 10.8. The van der Waals surface area contributed by atoms with Gasteiger partial charge < -0.3 is 0 Å². The number of nitrogens with zero attached hydrogens (tertiary/aromatic N) is 1. The molecule has 15 heavy (non-hydrogen) atoms. The molecule has 1 nitrogen and oxygen atoms in total. The van der Waals surface area contributed by atoms with Gasteiger partial charge in [-0.05, 0) is 49.1 Å². The third-order valence-electron chi connectivity index (χ3n) is 3.37. The lowest BCUT2D eigenvalue weighted by molar-refractivity contribution is 0.656. The molecule has 1 aliphatic rings. The fourth-order valence-electron chi connectivity index (χ4n) is 2.48. The maximum atomic E-state index is 4.85. The van der Waals surface area contributed by atoms with Crippen LogP contribution in [-0.2, 0) is 19.3 Å². The van der Waals surface area contributed by atoms with Crippen LogP contribution in [0.5, 0.6) is 0 Å². The Labute approximate surface area is 92.9 Å². The van der Waals surface area contributed by atoms with E-state index in [1.807, 2.05) is 0 Å². The summed E-state index contributed by atoms with van der Waals surface area (Å²) < 4.78 is 0. The average Bonchev–Trinajstić information content (AvgIpc) is 2.27. The van der Waals surface area contributed by atoms with Gasteiger partial charge in [-0.1, -0.05) is 26.8 Å². The molecular formula is C14H21N. The first-order valence-corrected chi connectivity index (χ1v) is 6.24. The van der Waals surface area contributed by atoms with Crippen molar-refractivity contribution in [2.45, 2.75) is 58.8 Å². The van der Waals surface area contributed by atoms with Crippen LogP contribution in [-0.4, -0.2) is 4.98 Å². The van der Waals surface area contributed by atoms with Crippen LogP contribution < -0.4 is 0 Å². The van der Waals surface area contributed by atoms with Crippen molar-refractivity contribution in [3.63, 3.8) is 0 Å². The molecule has 0 N–H and O–H groups in total. The second-order valence-electron chi connectivity index (χ2n) is 4.85. The molecule has 82 valence electrons. The van der Waals surface area contributed by atoms with E-state index < -0.39 is 0 Å². The molecule has 0 aromatic carbocycles. The number of hydrogen-bond acceptors (Lipinski definition) is 1. The van der Waals surface area contributed by atoms with Crippen LogP contribution in [0.4, 0.5) is 0 Å². The van der Waals surface area contributed by atoms with Gasteiger partial charge in [-0.25, -0.2) is 0 Å². The van der Waals surface area contributed by atoms with Gasteiger partial charge in [-0.2, -0.15) is 0 Å². The topological polar surface area (TPSA) is 12.9 Å². The summed E-state index contributed by atoms with van der Waals surface area (Å²) in [4.78, 5) is 4.85. The van der Waals surface area contributed by atoms with E-state index in [4.69, 9.17) is 4.98 Å². The fraction of sp³-hybridized carbons (Fsp3) is 0.643. The quantitative estimate of drug-likeness (QED) is 0.715. The summed E-state index contributed by atoms with van der Waals surface area (Å²) >= 11 is 0. The fourth-order valence-corrected chi connectivity index (χ4v) is 2.48.